The van der Waals surface area contributed by atoms with Crippen LogP contribution in [-0.4, -0.2) is 74.6 Å². The summed E-state index contributed by atoms with van der Waals surface area (Å²) in [5.74, 6) is -0.133. The molecule has 2 aromatic rings. The molecule has 9 nitrogen and oxygen atoms in total. The van der Waals surface area contributed by atoms with Crippen LogP contribution in [0.3, 0.4) is 0 Å². The monoisotopic (exact) mass is 459 g/mol. The van der Waals surface area contributed by atoms with Gasteiger partial charge in [-0.05, 0) is 42.9 Å². The Morgan fingerprint density at radius 2 is 1.97 bits per heavy atom. The molecule has 1 saturated carbocycles. The summed E-state index contributed by atoms with van der Waals surface area (Å²) in [7, 11) is 0. The number of carbonyl (C=O) groups is 3. The lowest BCUT2D eigenvalue weighted by Gasteiger charge is -2.35. The number of carbonyl (C=O) groups excluding carboxylic acids is 3. The lowest BCUT2D eigenvalue weighted by Crippen LogP contribution is -2.55. The van der Waals surface area contributed by atoms with Gasteiger partial charge >= 0.3 is 0 Å². The summed E-state index contributed by atoms with van der Waals surface area (Å²) in [6.07, 6.45) is 3.21. The Morgan fingerprint density at radius 1 is 1.22 bits per heavy atom. The molecule has 1 aromatic carbocycles. The molecule has 3 aliphatic rings. The van der Waals surface area contributed by atoms with Crippen molar-refractivity contribution in [2.75, 3.05) is 13.2 Å². The van der Waals surface area contributed by atoms with Crippen LogP contribution in [0.4, 0.5) is 0 Å². The number of ketones is 1. The molecule has 170 valence electrons. The van der Waals surface area contributed by atoms with Crippen LogP contribution >= 0.6 is 11.6 Å². The lowest BCUT2D eigenvalue weighted by atomic mass is 9.78. The first kappa shape index (κ1) is 21.3. The summed E-state index contributed by atoms with van der Waals surface area (Å²) < 4.78 is 5.53. The number of ether oxygens (including phenoxy) is 1. The molecule has 2 aliphatic heterocycles. The van der Waals surface area contributed by atoms with Crippen molar-refractivity contribution in [1.29, 1.82) is 0 Å². The predicted octanol–water partition coefficient (Wildman–Crippen LogP) is 1.67. The standard InChI is InChI=1S/C22H26ClN5O4/c1-11-2-4-12(5-3-11)18(22(31)28-9-14(23)20-19(28)17(29)10-32-20)24-21(30)13-6-7-15-16(8-13)26-27-25-15/h6-8,11-12,14,18-20H,2-5,9-10H2,1H3,(H,24,30)(H,25,26,27)/t11?,12?,14-,18-,19+,20+/m0/s1. The highest BCUT2D eigenvalue weighted by atomic mass is 35.5. The minimum absolute atomic E-state index is 0.00341. The molecule has 3 fully saturated rings. The fourth-order valence-corrected chi connectivity index (χ4v) is 5.57. The number of nitrogens with one attached hydrogen (secondary N) is 2. The van der Waals surface area contributed by atoms with Crippen molar-refractivity contribution in [2.45, 2.75) is 56.2 Å². The molecular formula is C22H26ClN5O4. The second-order valence-corrected chi connectivity index (χ2v) is 9.75. The largest absolute Gasteiger partial charge is 0.366 e. The summed E-state index contributed by atoms with van der Waals surface area (Å²) in [5.41, 5.74) is 1.64. The van der Waals surface area contributed by atoms with Crippen LogP contribution in [0.15, 0.2) is 18.2 Å². The number of halogens is 1. The van der Waals surface area contributed by atoms with E-state index in [2.05, 4.69) is 27.7 Å². The third-order valence-electron chi connectivity index (χ3n) is 7.07. The number of benzene rings is 1. The van der Waals surface area contributed by atoms with Crippen molar-refractivity contribution in [3.8, 4) is 0 Å². The number of amides is 2. The van der Waals surface area contributed by atoms with Crippen LogP contribution in [-0.2, 0) is 14.3 Å². The second-order valence-electron chi connectivity index (χ2n) is 9.19. The van der Waals surface area contributed by atoms with Gasteiger partial charge in [0, 0.05) is 12.1 Å². The molecule has 0 spiro atoms. The van der Waals surface area contributed by atoms with Crippen molar-refractivity contribution in [3.05, 3.63) is 23.8 Å². The number of H-pyrrole nitrogens is 1. The Hall–Kier alpha value is -2.52. The van der Waals surface area contributed by atoms with E-state index in [9.17, 15) is 14.4 Å². The van der Waals surface area contributed by atoms with Gasteiger partial charge in [0.05, 0.1) is 5.38 Å². The van der Waals surface area contributed by atoms with E-state index < -0.39 is 23.6 Å². The van der Waals surface area contributed by atoms with Crippen LogP contribution < -0.4 is 5.32 Å². The number of aromatic amines is 1. The molecule has 4 atom stereocenters. The zero-order valence-corrected chi connectivity index (χ0v) is 18.5. The molecule has 10 heteroatoms. The van der Waals surface area contributed by atoms with Crippen molar-refractivity contribution in [1.82, 2.24) is 25.6 Å². The van der Waals surface area contributed by atoms with Gasteiger partial charge in [0.15, 0.2) is 5.78 Å². The first-order valence-corrected chi connectivity index (χ1v) is 11.6. The summed E-state index contributed by atoms with van der Waals surface area (Å²) in [4.78, 5) is 40.8. The van der Waals surface area contributed by atoms with Crippen molar-refractivity contribution in [2.24, 2.45) is 11.8 Å². The van der Waals surface area contributed by atoms with Crippen LogP contribution in [0.25, 0.3) is 11.0 Å². The van der Waals surface area contributed by atoms with Gasteiger partial charge in [-0.25, -0.2) is 0 Å². The Morgan fingerprint density at radius 3 is 2.75 bits per heavy atom. The molecule has 0 bridgehead atoms. The van der Waals surface area contributed by atoms with Gasteiger partial charge in [0.2, 0.25) is 5.91 Å². The zero-order valence-electron chi connectivity index (χ0n) is 17.8. The molecule has 2 saturated heterocycles. The van der Waals surface area contributed by atoms with Gasteiger partial charge in [-0.15, -0.1) is 11.6 Å². The number of hydrogen-bond donors (Lipinski definition) is 2. The maximum atomic E-state index is 13.7. The van der Waals surface area contributed by atoms with Gasteiger partial charge in [0.1, 0.15) is 35.8 Å². The Labute approximate surface area is 190 Å². The van der Waals surface area contributed by atoms with E-state index >= 15 is 0 Å². The summed E-state index contributed by atoms with van der Waals surface area (Å²) in [6, 6.07) is 3.63. The number of hydrogen-bond acceptors (Lipinski definition) is 6. The minimum atomic E-state index is -0.723. The molecule has 5 rings (SSSR count). The summed E-state index contributed by atoms with van der Waals surface area (Å²) in [6.45, 7) is 2.41. The van der Waals surface area contributed by atoms with Gasteiger partial charge in [-0.2, -0.15) is 15.4 Å². The quantitative estimate of drug-likeness (QED) is 0.671. The number of nitrogens with zero attached hydrogens (tertiary/aromatic N) is 3. The van der Waals surface area contributed by atoms with E-state index in [1.165, 1.54) is 4.90 Å². The lowest BCUT2D eigenvalue weighted by molar-refractivity contribution is -0.139. The highest BCUT2D eigenvalue weighted by Gasteiger charge is 2.53. The Balaban J connectivity index is 1.40. The Bertz CT molecular complexity index is 1050. The number of aromatic nitrogens is 3. The first-order chi connectivity index (χ1) is 15.4. The molecule has 1 aliphatic carbocycles. The van der Waals surface area contributed by atoms with Crippen molar-refractivity contribution >= 4 is 40.2 Å². The van der Waals surface area contributed by atoms with Gasteiger partial charge in [-0.1, -0.05) is 19.8 Å². The molecule has 3 heterocycles. The number of fused-ring (bicyclic) bond motifs is 2. The smallest absolute Gasteiger partial charge is 0.252 e. The highest BCUT2D eigenvalue weighted by molar-refractivity contribution is 6.22. The number of Topliss-reactive ketones (excluding diaryl/α,β-unsaturated/α-hetero) is 1. The second kappa shape index (κ2) is 8.44. The third kappa shape index (κ3) is 3.77. The SMILES string of the molecule is CC1CCC([C@H](NC(=O)c2ccc3n[nH]nc3c2)C(=O)N2C[C@H](Cl)[C@H]3OCC(=O)[C@H]32)CC1. The molecule has 0 unspecified atom stereocenters. The van der Waals surface area contributed by atoms with Crippen LogP contribution in [0.2, 0.25) is 0 Å². The van der Waals surface area contributed by atoms with Crippen molar-refractivity contribution < 1.29 is 19.1 Å². The van der Waals surface area contributed by atoms with Gasteiger partial charge in [0.25, 0.3) is 5.91 Å². The topological polar surface area (TPSA) is 117 Å². The molecular weight excluding hydrogens is 434 g/mol. The predicted molar refractivity (Wildman–Crippen MR) is 116 cm³/mol. The van der Waals surface area contributed by atoms with E-state index in [4.69, 9.17) is 16.3 Å². The molecule has 2 amide bonds. The molecule has 32 heavy (non-hydrogen) atoms. The molecule has 1 aromatic heterocycles. The van der Waals surface area contributed by atoms with E-state index in [1.54, 1.807) is 18.2 Å². The van der Waals surface area contributed by atoms with Gasteiger partial charge < -0.3 is 15.0 Å². The van der Waals surface area contributed by atoms with Crippen molar-refractivity contribution in [3.63, 3.8) is 0 Å². The van der Waals surface area contributed by atoms with Gasteiger partial charge in [-0.3, -0.25) is 14.4 Å². The maximum Gasteiger partial charge on any atom is 0.252 e. The zero-order chi connectivity index (χ0) is 22.4. The minimum Gasteiger partial charge on any atom is -0.366 e. The highest BCUT2D eigenvalue weighted by Crippen LogP contribution is 2.35. The Kier molecular flexibility index (Phi) is 5.63. The molecule has 2 N–H and O–H groups in total. The fourth-order valence-electron chi connectivity index (χ4n) is 5.21. The van der Waals surface area contributed by atoms with E-state index in [0.717, 1.165) is 25.7 Å². The number of rotatable bonds is 4. The molecule has 0 radical (unpaired) electrons. The average molecular weight is 460 g/mol. The average Bonchev–Trinajstić information content (AvgIpc) is 3.49. The summed E-state index contributed by atoms with van der Waals surface area (Å²) in [5, 5.41) is 13.1. The van der Waals surface area contributed by atoms with Crippen LogP contribution in [0.5, 0.6) is 0 Å². The van der Waals surface area contributed by atoms with E-state index in [0.29, 0.717) is 22.5 Å². The normalized spacial score (nSPS) is 31.0. The first-order valence-electron chi connectivity index (χ1n) is 11.1. The van der Waals surface area contributed by atoms with Crippen LogP contribution in [0, 0.1) is 11.8 Å². The van der Waals surface area contributed by atoms with E-state index in [1.807, 2.05) is 0 Å². The van der Waals surface area contributed by atoms with Crippen LogP contribution in [0.1, 0.15) is 43.0 Å². The summed E-state index contributed by atoms with van der Waals surface area (Å²) >= 11 is 6.40. The third-order valence-corrected chi connectivity index (χ3v) is 7.46. The van der Waals surface area contributed by atoms with E-state index in [-0.39, 0.29) is 36.7 Å². The number of likely N-dealkylation sites (tertiary alicyclic amines) is 1. The number of alkyl halides is 1. The fraction of sp³-hybridized carbons (Fsp3) is 0.591. The maximum absolute atomic E-state index is 13.7.